The fraction of sp³-hybridized carbons (Fsp3) is 0.385. The summed E-state index contributed by atoms with van der Waals surface area (Å²) < 4.78 is 1.70. The fourth-order valence-electron chi connectivity index (χ4n) is 4.21. The van der Waals surface area contributed by atoms with Crippen molar-refractivity contribution in [2.75, 3.05) is 39.3 Å². The molecule has 1 aromatic heterocycles. The first kappa shape index (κ1) is 23.5. The molecule has 33 heavy (non-hydrogen) atoms. The molecule has 4 rings (SSSR count). The van der Waals surface area contributed by atoms with E-state index in [1.807, 2.05) is 6.92 Å². The summed E-state index contributed by atoms with van der Waals surface area (Å²) in [7, 11) is 0. The number of aryl methyl sites for hydroxylation is 2. The highest BCUT2D eigenvalue weighted by atomic mass is 35.5. The van der Waals surface area contributed by atoms with Crippen molar-refractivity contribution in [3.05, 3.63) is 87.7 Å². The third-order valence-corrected chi connectivity index (χ3v) is 6.56. The van der Waals surface area contributed by atoms with Crippen LogP contribution in [0.4, 0.5) is 0 Å². The Labute approximate surface area is 201 Å². The summed E-state index contributed by atoms with van der Waals surface area (Å²) in [5.41, 5.74) is 4.78. The van der Waals surface area contributed by atoms with Gasteiger partial charge in [-0.05, 0) is 25.0 Å². The lowest BCUT2D eigenvalue weighted by atomic mass is 10.1. The van der Waals surface area contributed by atoms with E-state index in [1.54, 1.807) is 4.68 Å². The molecule has 1 amide bonds. The number of carbonyl (C=O) groups excluding carboxylic acids is 1. The van der Waals surface area contributed by atoms with Crippen LogP contribution >= 0.6 is 11.6 Å². The molecule has 0 saturated carbocycles. The van der Waals surface area contributed by atoms with E-state index in [9.17, 15) is 4.79 Å². The lowest BCUT2D eigenvalue weighted by molar-refractivity contribution is 0.0933. The van der Waals surface area contributed by atoms with Crippen LogP contribution in [0, 0.1) is 13.8 Å². The van der Waals surface area contributed by atoms with Gasteiger partial charge in [0.2, 0.25) is 0 Å². The van der Waals surface area contributed by atoms with Crippen molar-refractivity contribution in [2.45, 2.75) is 26.9 Å². The Hall–Kier alpha value is -2.67. The largest absolute Gasteiger partial charge is 0.351 e. The van der Waals surface area contributed by atoms with Crippen LogP contribution in [0.2, 0.25) is 5.15 Å². The fourth-order valence-corrected chi connectivity index (χ4v) is 4.53. The number of piperazine rings is 1. The van der Waals surface area contributed by atoms with Gasteiger partial charge in [-0.1, -0.05) is 71.8 Å². The molecule has 2 aromatic carbocycles. The van der Waals surface area contributed by atoms with Crippen LogP contribution < -0.4 is 5.32 Å². The van der Waals surface area contributed by atoms with Gasteiger partial charge in [0.05, 0.1) is 17.8 Å². The second-order valence-corrected chi connectivity index (χ2v) is 9.11. The number of nitrogens with zero attached hydrogens (tertiary/aromatic N) is 4. The van der Waals surface area contributed by atoms with Gasteiger partial charge in [-0.3, -0.25) is 14.6 Å². The van der Waals surface area contributed by atoms with Crippen LogP contribution in [0.3, 0.4) is 0 Å². The molecule has 1 aliphatic heterocycles. The topological polar surface area (TPSA) is 53.4 Å². The Balaban J connectivity index is 1.24. The van der Waals surface area contributed by atoms with Crippen molar-refractivity contribution in [2.24, 2.45) is 0 Å². The van der Waals surface area contributed by atoms with Crippen molar-refractivity contribution in [1.82, 2.24) is 24.9 Å². The molecule has 1 aliphatic rings. The molecule has 174 valence electrons. The zero-order valence-electron chi connectivity index (χ0n) is 19.4. The van der Waals surface area contributed by atoms with Gasteiger partial charge in [-0.2, -0.15) is 5.10 Å². The highest BCUT2D eigenvalue weighted by molar-refractivity contribution is 6.33. The summed E-state index contributed by atoms with van der Waals surface area (Å²) in [6, 6.07) is 18.8. The molecule has 0 atom stereocenters. The van der Waals surface area contributed by atoms with E-state index in [0.717, 1.165) is 44.8 Å². The van der Waals surface area contributed by atoms with Crippen LogP contribution in [0.25, 0.3) is 0 Å². The predicted octanol–water partition coefficient (Wildman–Crippen LogP) is 3.75. The third kappa shape index (κ3) is 6.22. The van der Waals surface area contributed by atoms with Crippen molar-refractivity contribution in [1.29, 1.82) is 0 Å². The minimum atomic E-state index is -0.157. The molecule has 6 nitrogen and oxygen atoms in total. The van der Waals surface area contributed by atoms with Crippen molar-refractivity contribution in [3.63, 3.8) is 0 Å². The first-order chi connectivity index (χ1) is 16.0. The summed E-state index contributed by atoms with van der Waals surface area (Å²) >= 11 is 6.54. The normalized spacial score (nSPS) is 15.0. The van der Waals surface area contributed by atoms with Gasteiger partial charge in [0, 0.05) is 45.8 Å². The van der Waals surface area contributed by atoms with E-state index in [2.05, 4.69) is 81.7 Å². The molecule has 0 unspecified atom stereocenters. The maximum absolute atomic E-state index is 12.8. The van der Waals surface area contributed by atoms with Gasteiger partial charge in [0.1, 0.15) is 5.15 Å². The van der Waals surface area contributed by atoms with Crippen molar-refractivity contribution >= 4 is 17.5 Å². The standard InChI is InChI=1S/C26H32ClN5O/c1-20-8-10-23(11-9-20)19-32-25(27)24(21(2)29-32)26(33)28-12-13-30-14-16-31(17-15-30)18-22-6-4-3-5-7-22/h3-11H,12-19H2,1-2H3,(H,28,33). The van der Waals surface area contributed by atoms with Crippen LogP contribution in [-0.2, 0) is 13.1 Å². The number of nitrogens with one attached hydrogen (secondary N) is 1. The van der Waals surface area contributed by atoms with E-state index < -0.39 is 0 Å². The summed E-state index contributed by atoms with van der Waals surface area (Å²) in [5, 5.41) is 7.92. The number of carbonyl (C=O) groups is 1. The smallest absolute Gasteiger partial charge is 0.256 e. The molecule has 0 radical (unpaired) electrons. The molecule has 1 saturated heterocycles. The third-order valence-electron chi connectivity index (χ3n) is 6.17. The minimum absolute atomic E-state index is 0.157. The second-order valence-electron chi connectivity index (χ2n) is 8.75. The summed E-state index contributed by atoms with van der Waals surface area (Å²) in [6.07, 6.45) is 0. The SMILES string of the molecule is Cc1ccc(Cn2nc(C)c(C(=O)NCCN3CCN(Cc4ccccc4)CC3)c2Cl)cc1. The molecular formula is C26H32ClN5O. The summed E-state index contributed by atoms with van der Waals surface area (Å²) in [5.74, 6) is -0.157. The molecule has 0 aliphatic carbocycles. The maximum atomic E-state index is 12.8. The Morgan fingerprint density at radius 3 is 2.24 bits per heavy atom. The number of rotatable bonds is 8. The average Bonchev–Trinajstić information content (AvgIpc) is 3.10. The Morgan fingerprint density at radius 2 is 1.55 bits per heavy atom. The summed E-state index contributed by atoms with van der Waals surface area (Å²) in [4.78, 5) is 17.7. The number of aromatic nitrogens is 2. The zero-order valence-corrected chi connectivity index (χ0v) is 20.2. The predicted molar refractivity (Wildman–Crippen MR) is 133 cm³/mol. The number of benzene rings is 2. The number of halogens is 1. The lowest BCUT2D eigenvalue weighted by Gasteiger charge is -2.34. The number of hydrogen-bond donors (Lipinski definition) is 1. The quantitative estimate of drug-likeness (QED) is 0.550. The molecule has 7 heteroatoms. The summed E-state index contributed by atoms with van der Waals surface area (Å²) in [6.45, 7) is 11.0. The Kier molecular flexibility index (Phi) is 7.81. The molecule has 3 aromatic rings. The van der Waals surface area contributed by atoms with Gasteiger partial charge < -0.3 is 5.32 Å². The molecular weight excluding hydrogens is 434 g/mol. The molecule has 1 fully saturated rings. The Morgan fingerprint density at radius 1 is 0.909 bits per heavy atom. The minimum Gasteiger partial charge on any atom is -0.351 e. The highest BCUT2D eigenvalue weighted by Gasteiger charge is 2.21. The lowest BCUT2D eigenvalue weighted by Crippen LogP contribution is -2.48. The number of hydrogen-bond acceptors (Lipinski definition) is 4. The van der Waals surface area contributed by atoms with E-state index in [4.69, 9.17) is 11.6 Å². The molecule has 0 spiro atoms. The van der Waals surface area contributed by atoms with E-state index in [1.165, 1.54) is 11.1 Å². The first-order valence-electron chi connectivity index (χ1n) is 11.5. The average molecular weight is 466 g/mol. The number of amides is 1. The van der Waals surface area contributed by atoms with Gasteiger partial charge in [0.25, 0.3) is 5.91 Å². The van der Waals surface area contributed by atoms with E-state index >= 15 is 0 Å². The van der Waals surface area contributed by atoms with Crippen LogP contribution in [0.15, 0.2) is 54.6 Å². The molecule has 1 N–H and O–H groups in total. The zero-order chi connectivity index (χ0) is 23.2. The maximum Gasteiger partial charge on any atom is 0.256 e. The second kappa shape index (κ2) is 11.0. The Bertz CT molecular complexity index is 1060. The van der Waals surface area contributed by atoms with Crippen LogP contribution in [0.1, 0.15) is 32.7 Å². The van der Waals surface area contributed by atoms with Crippen molar-refractivity contribution in [3.8, 4) is 0 Å². The van der Waals surface area contributed by atoms with Crippen LogP contribution in [0.5, 0.6) is 0 Å². The first-order valence-corrected chi connectivity index (χ1v) is 11.9. The monoisotopic (exact) mass is 465 g/mol. The van der Waals surface area contributed by atoms with Crippen LogP contribution in [-0.4, -0.2) is 64.8 Å². The van der Waals surface area contributed by atoms with Gasteiger partial charge >= 0.3 is 0 Å². The highest BCUT2D eigenvalue weighted by Crippen LogP contribution is 2.21. The molecule has 0 bridgehead atoms. The molecule has 2 heterocycles. The van der Waals surface area contributed by atoms with Gasteiger partial charge in [-0.25, -0.2) is 4.68 Å². The van der Waals surface area contributed by atoms with Gasteiger partial charge in [-0.15, -0.1) is 0 Å². The van der Waals surface area contributed by atoms with E-state index in [0.29, 0.717) is 29.5 Å². The van der Waals surface area contributed by atoms with Crippen molar-refractivity contribution < 1.29 is 4.79 Å². The van der Waals surface area contributed by atoms with E-state index in [-0.39, 0.29) is 5.91 Å². The van der Waals surface area contributed by atoms with Gasteiger partial charge in [0.15, 0.2) is 0 Å².